The highest BCUT2D eigenvalue weighted by atomic mass is 19.1. The fraction of sp³-hybridized carbons (Fsp3) is 0.226. The van der Waals surface area contributed by atoms with Gasteiger partial charge in [-0.15, -0.1) is 0 Å². The third kappa shape index (κ3) is 5.57. The predicted octanol–water partition coefficient (Wildman–Crippen LogP) is 5.96. The third-order valence-electron chi connectivity index (χ3n) is 7.04. The van der Waals surface area contributed by atoms with Crippen LogP contribution in [0.2, 0.25) is 0 Å². The van der Waals surface area contributed by atoms with E-state index in [1.165, 1.54) is 24.3 Å². The lowest BCUT2D eigenvalue weighted by molar-refractivity contribution is -0.121. The molecule has 3 N–H and O–H groups in total. The summed E-state index contributed by atoms with van der Waals surface area (Å²) in [5.41, 5.74) is 1.80. The average Bonchev–Trinajstić information content (AvgIpc) is 2.91. The first-order valence-electron chi connectivity index (χ1n) is 12.4. The van der Waals surface area contributed by atoms with Gasteiger partial charge in [-0.2, -0.15) is 0 Å². The number of halogens is 2. The van der Waals surface area contributed by atoms with Gasteiger partial charge in [0.15, 0.2) is 5.72 Å². The lowest BCUT2D eigenvalue weighted by Gasteiger charge is -2.54. The van der Waals surface area contributed by atoms with Gasteiger partial charge in [0.05, 0.1) is 6.10 Å². The number of hydrogen-bond acceptors (Lipinski definition) is 4. The van der Waals surface area contributed by atoms with Crippen LogP contribution in [0.5, 0.6) is 5.75 Å². The number of ether oxygens (including phenoxy) is 1. The number of aliphatic hydroxyl groups is 2. The average molecular weight is 502 g/mol. The molecule has 4 atom stereocenters. The van der Waals surface area contributed by atoms with Gasteiger partial charge in [-0.1, -0.05) is 66.7 Å². The van der Waals surface area contributed by atoms with Crippen LogP contribution in [0.25, 0.3) is 0 Å². The molecule has 0 amide bonds. The number of hydrogen-bond donors (Lipinski definition) is 3. The summed E-state index contributed by atoms with van der Waals surface area (Å²) < 4.78 is 32.7. The molecule has 4 aromatic rings. The molecule has 0 bridgehead atoms. The Labute approximate surface area is 215 Å². The van der Waals surface area contributed by atoms with Crippen molar-refractivity contribution in [3.05, 3.63) is 137 Å². The summed E-state index contributed by atoms with van der Waals surface area (Å²) in [5.74, 6) is -0.339. The summed E-state index contributed by atoms with van der Waals surface area (Å²) in [6, 6.07) is 29.0. The van der Waals surface area contributed by atoms with E-state index >= 15 is 0 Å². The van der Waals surface area contributed by atoms with Gasteiger partial charge in [-0.25, -0.2) is 8.78 Å². The highest BCUT2D eigenvalue weighted by Crippen LogP contribution is 2.48. The highest BCUT2D eigenvalue weighted by molar-refractivity contribution is 5.39. The summed E-state index contributed by atoms with van der Waals surface area (Å²) in [6.45, 7) is 0.453. The molecular formula is C31H29F2NO3. The van der Waals surface area contributed by atoms with E-state index in [0.29, 0.717) is 36.3 Å². The predicted molar refractivity (Wildman–Crippen MR) is 138 cm³/mol. The van der Waals surface area contributed by atoms with Crippen LogP contribution in [0.1, 0.15) is 47.1 Å². The zero-order chi connectivity index (χ0) is 25.8. The van der Waals surface area contributed by atoms with E-state index in [4.69, 9.17) is 4.74 Å². The normalized spacial score (nSPS) is 21.7. The first-order chi connectivity index (χ1) is 17.9. The molecule has 0 unspecified atom stereocenters. The molecule has 1 saturated heterocycles. The molecule has 0 saturated carbocycles. The standard InChI is InChI=1S/C31H29F2NO3/c32-25-12-6-22(7-13-25)29(35)19-18-28-30(31(36,34-28)24-10-14-26(33)15-11-24)23-8-16-27(17-9-23)37-20-21-4-2-1-3-5-21/h1-17,28-30,34-36H,18-20H2/t28-,29+,30+,31-/m1/s1. The minimum Gasteiger partial charge on any atom is -0.489 e. The van der Waals surface area contributed by atoms with Gasteiger partial charge < -0.3 is 14.9 Å². The van der Waals surface area contributed by atoms with Gasteiger partial charge >= 0.3 is 0 Å². The Morgan fingerprint density at radius 2 is 1.43 bits per heavy atom. The van der Waals surface area contributed by atoms with E-state index in [0.717, 1.165) is 11.1 Å². The van der Waals surface area contributed by atoms with Crippen molar-refractivity contribution in [2.45, 2.75) is 43.2 Å². The van der Waals surface area contributed by atoms with E-state index in [1.54, 1.807) is 24.3 Å². The van der Waals surface area contributed by atoms with Gasteiger partial charge in [-0.3, -0.25) is 5.32 Å². The van der Waals surface area contributed by atoms with Gasteiger partial charge in [-0.05, 0) is 71.5 Å². The molecule has 1 aliphatic rings. The summed E-state index contributed by atoms with van der Waals surface area (Å²) in [5, 5.41) is 25.5. The maximum atomic E-state index is 13.6. The monoisotopic (exact) mass is 501 g/mol. The molecule has 1 aliphatic heterocycles. The summed E-state index contributed by atoms with van der Waals surface area (Å²) in [7, 11) is 0. The molecule has 190 valence electrons. The van der Waals surface area contributed by atoms with Crippen LogP contribution >= 0.6 is 0 Å². The largest absolute Gasteiger partial charge is 0.489 e. The second-order valence-electron chi connectivity index (χ2n) is 9.49. The minimum atomic E-state index is -1.38. The first-order valence-corrected chi connectivity index (χ1v) is 12.4. The summed E-state index contributed by atoms with van der Waals surface area (Å²) >= 11 is 0. The highest BCUT2D eigenvalue weighted by Gasteiger charge is 2.53. The van der Waals surface area contributed by atoms with Crippen molar-refractivity contribution >= 4 is 0 Å². The number of nitrogens with one attached hydrogen (secondary N) is 1. The molecule has 1 heterocycles. The fourth-order valence-corrected chi connectivity index (χ4v) is 5.03. The van der Waals surface area contributed by atoms with Crippen molar-refractivity contribution in [2.24, 2.45) is 0 Å². The maximum absolute atomic E-state index is 13.6. The van der Waals surface area contributed by atoms with Gasteiger partial charge in [0, 0.05) is 12.0 Å². The summed E-state index contributed by atoms with van der Waals surface area (Å²) in [4.78, 5) is 0. The molecule has 6 heteroatoms. The first kappa shape index (κ1) is 25.1. The zero-order valence-corrected chi connectivity index (χ0v) is 20.2. The molecule has 0 spiro atoms. The Morgan fingerprint density at radius 1 is 0.811 bits per heavy atom. The van der Waals surface area contributed by atoms with Crippen LogP contribution in [0.15, 0.2) is 103 Å². The molecular weight excluding hydrogens is 472 g/mol. The van der Waals surface area contributed by atoms with Crippen LogP contribution < -0.4 is 10.1 Å². The van der Waals surface area contributed by atoms with E-state index in [2.05, 4.69) is 5.32 Å². The van der Waals surface area contributed by atoms with Crippen molar-refractivity contribution in [1.29, 1.82) is 0 Å². The second kappa shape index (κ2) is 10.8. The van der Waals surface area contributed by atoms with Gasteiger partial charge in [0.1, 0.15) is 24.0 Å². The molecule has 1 fully saturated rings. The van der Waals surface area contributed by atoms with Crippen LogP contribution in [-0.4, -0.2) is 16.3 Å². The van der Waals surface area contributed by atoms with E-state index in [9.17, 15) is 19.0 Å². The molecule has 4 aromatic carbocycles. The molecule has 0 aromatic heterocycles. The number of aliphatic hydroxyl groups excluding tert-OH is 1. The van der Waals surface area contributed by atoms with Crippen LogP contribution in [-0.2, 0) is 12.3 Å². The number of benzene rings is 4. The molecule has 0 aliphatic carbocycles. The van der Waals surface area contributed by atoms with Crippen LogP contribution in [0.4, 0.5) is 8.78 Å². The number of rotatable bonds is 9. The fourth-order valence-electron chi connectivity index (χ4n) is 5.03. The lowest BCUT2D eigenvalue weighted by Crippen LogP contribution is -2.67. The Kier molecular flexibility index (Phi) is 7.33. The van der Waals surface area contributed by atoms with Crippen molar-refractivity contribution in [2.75, 3.05) is 0 Å². The van der Waals surface area contributed by atoms with Crippen LogP contribution in [0, 0.1) is 11.6 Å². The van der Waals surface area contributed by atoms with Crippen LogP contribution in [0.3, 0.4) is 0 Å². The second-order valence-corrected chi connectivity index (χ2v) is 9.49. The van der Waals surface area contributed by atoms with Gasteiger partial charge in [0.25, 0.3) is 0 Å². The van der Waals surface area contributed by atoms with Crippen molar-refractivity contribution in [1.82, 2.24) is 5.32 Å². The molecule has 5 rings (SSSR count). The molecule has 37 heavy (non-hydrogen) atoms. The lowest BCUT2D eigenvalue weighted by atomic mass is 9.69. The van der Waals surface area contributed by atoms with E-state index < -0.39 is 11.8 Å². The Hall–Kier alpha value is -3.58. The Bertz CT molecular complexity index is 1300. The SMILES string of the molecule is O[C@@H](CC[C@H]1N[C@@](O)(c2ccc(F)cc2)[C@H]1c1ccc(OCc2ccccc2)cc1)c1ccc(F)cc1. The minimum absolute atomic E-state index is 0.138. The van der Waals surface area contributed by atoms with Gasteiger partial charge in [0.2, 0.25) is 0 Å². The summed E-state index contributed by atoms with van der Waals surface area (Å²) in [6.07, 6.45) is 0.243. The van der Waals surface area contributed by atoms with E-state index in [-0.39, 0.29) is 23.6 Å². The third-order valence-corrected chi connectivity index (χ3v) is 7.04. The van der Waals surface area contributed by atoms with Crippen molar-refractivity contribution < 1.29 is 23.7 Å². The smallest absolute Gasteiger partial charge is 0.150 e. The Morgan fingerprint density at radius 3 is 2.08 bits per heavy atom. The van der Waals surface area contributed by atoms with Crippen molar-refractivity contribution in [3.63, 3.8) is 0 Å². The molecule has 0 radical (unpaired) electrons. The topological polar surface area (TPSA) is 61.7 Å². The Balaban J connectivity index is 1.32. The quantitative estimate of drug-likeness (QED) is 0.265. The zero-order valence-electron chi connectivity index (χ0n) is 20.2. The van der Waals surface area contributed by atoms with E-state index in [1.807, 2.05) is 54.6 Å². The maximum Gasteiger partial charge on any atom is 0.150 e. The van der Waals surface area contributed by atoms with Crippen molar-refractivity contribution in [3.8, 4) is 5.75 Å². The molecule has 4 nitrogen and oxygen atoms in total.